The normalized spacial score (nSPS) is 11.5. The van der Waals surface area contributed by atoms with E-state index in [1.807, 2.05) is 0 Å². The van der Waals surface area contributed by atoms with Gasteiger partial charge in [-0.15, -0.1) is 11.8 Å². The van der Waals surface area contributed by atoms with E-state index in [2.05, 4.69) is 26.6 Å². The Morgan fingerprint density at radius 2 is 1.69 bits per heavy atom. The molecule has 0 spiro atoms. The third-order valence-electron chi connectivity index (χ3n) is 4.32. The average Bonchev–Trinajstić information content (AvgIpc) is 2.77. The molecule has 0 bridgehead atoms. The Balaban J connectivity index is 1.57. The molecule has 1 unspecified atom stereocenters. The number of carbonyl (C=O) groups excluding carboxylic acids is 2. The first-order valence-electron chi connectivity index (χ1n) is 9.31. The van der Waals surface area contributed by atoms with Crippen LogP contribution < -0.4 is 10.6 Å². The minimum Gasteiger partial charge on any atom is -0.323 e. The molecule has 0 heterocycles. The van der Waals surface area contributed by atoms with Crippen LogP contribution in [0.25, 0.3) is 0 Å². The molecule has 164 valence electrons. The van der Waals surface area contributed by atoms with Crippen molar-refractivity contribution in [3.63, 3.8) is 0 Å². The summed E-state index contributed by atoms with van der Waals surface area (Å²) in [6.45, 7) is 1.71. The number of benzene rings is 3. The number of nitrogens with one attached hydrogen (secondary N) is 2. The fraction of sp³-hybridized carbons (Fsp3) is 0.0909. The first-order valence-corrected chi connectivity index (χ1v) is 11.0. The second-order valence-corrected chi connectivity index (χ2v) is 8.99. The number of halogens is 2. The van der Waals surface area contributed by atoms with E-state index in [-0.39, 0.29) is 17.3 Å². The third-order valence-corrected chi connectivity index (χ3v) is 5.93. The lowest BCUT2D eigenvalue weighted by Gasteiger charge is -2.13. The number of hydrogen-bond donors (Lipinski definition) is 2. The van der Waals surface area contributed by atoms with Gasteiger partial charge in [-0.25, -0.2) is 4.39 Å². The van der Waals surface area contributed by atoms with E-state index in [9.17, 15) is 24.1 Å². The maximum Gasteiger partial charge on any atom is 0.269 e. The van der Waals surface area contributed by atoms with Gasteiger partial charge in [0.05, 0.1) is 15.9 Å². The van der Waals surface area contributed by atoms with Crippen molar-refractivity contribution < 1.29 is 18.9 Å². The van der Waals surface area contributed by atoms with Gasteiger partial charge in [-0.1, -0.05) is 15.9 Å². The standard InChI is InChI=1S/C22H17BrFN3O4S/c1-13(21(28)26-20-11-4-15(23)12-19(20)24)32-18-9-5-16(6-10-18)25-22(29)14-2-7-17(8-3-14)27(30)31/h2-13H,1H3,(H,25,29)(H,26,28). The lowest BCUT2D eigenvalue weighted by atomic mass is 10.2. The quantitative estimate of drug-likeness (QED) is 0.232. The lowest BCUT2D eigenvalue weighted by Crippen LogP contribution is -2.22. The van der Waals surface area contributed by atoms with Gasteiger partial charge >= 0.3 is 0 Å². The van der Waals surface area contributed by atoms with Gasteiger partial charge in [-0.2, -0.15) is 0 Å². The maximum atomic E-state index is 13.9. The predicted octanol–water partition coefficient (Wildman–Crippen LogP) is 5.87. The van der Waals surface area contributed by atoms with Crippen molar-refractivity contribution >= 4 is 56.6 Å². The highest BCUT2D eigenvalue weighted by molar-refractivity contribution is 9.10. The number of rotatable bonds is 7. The molecule has 2 amide bonds. The highest BCUT2D eigenvalue weighted by atomic mass is 79.9. The molecule has 0 aliphatic rings. The summed E-state index contributed by atoms with van der Waals surface area (Å²) in [6.07, 6.45) is 0. The van der Waals surface area contributed by atoms with Crippen molar-refractivity contribution in [1.82, 2.24) is 0 Å². The van der Waals surface area contributed by atoms with E-state index >= 15 is 0 Å². The number of nitro benzene ring substituents is 1. The van der Waals surface area contributed by atoms with Crippen LogP contribution >= 0.6 is 27.7 Å². The summed E-state index contributed by atoms with van der Waals surface area (Å²) >= 11 is 4.46. The highest BCUT2D eigenvalue weighted by Gasteiger charge is 2.17. The van der Waals surface area contributed by atoms with Crippen LogP contribution in [-0.4, -0.2) is 22.0 Å². The summed E-state index contributed by atoms with van der Waals surface area (Å²) in [5, 5.41) is 15.5. The van der Waals surface area contributed by atoms with Crippen LogP contribution in [0.2, 0.25) is 0 Å². The van der Waals surface area contributed by atoms with E-state index in [1.165, 1.54) is 48.2 Å². The van der Waals surface area contributed by atoms with Crippen molar-refractivity contribution in [2.75, 3.05) is 10.6 Å². The van der Waals surface area contributed by atoms with E-state index in [0.717, 1.165) is 4.90 Å². The van der Waals surface area contributed by atoms with Gasteiger partial charge in [0.15, 0.2) is 0 Å². The third kappa shape index (κ3) is 6.14. The largest absolute Gasteiger partial charge is 0.323 e. The molecule has 0 aromatic heterocycles. The number of hydrogen-bond acceptors (Lipinski definition) is 5. The summed E-state index contributed by atoms with van der Waals surface area (Å²) in [7, 11) is 0. The van der Waals surface area contributed by atoms with Crippen LogP contribution in [0.3, 0.4) is 0 Å². The number of thioether (sulfide) groups is 1. The summed E-state index contributed by atoms with van der Waals surface area (Å²) in [6, 6.07) is 16.6. The smallest absolute Gasteiger partial charge is 0.269 e. The summed E-state index contributed by atoms with van der Waals surface area (Å²) in [5.74, 6) is -1.27. The molecule has 3 rings (SSSR count). The van der Waals surface area contributed by atoms with Crippen molar-refractivity contribution in [3.05, 3.63) is 92.7 Å². The van der Waals surface area contributed by atoms with Crippen LogP contribution in [0.4, 0.5) is 21.5 Å². The van der Waals surface area contributed by atoms with E-state index in [1.54, 1.807) is 37.3 Å². The molecule has 3 aromatic rings. The van der Waals surface area contributed by atoms with Gasteiger partial charge in [-0.3, -0.25) is 19.7 Å². The lowest BCUT2D eigenvalue weighted by molar-refractivity contribution is -0.384. The van der Waals surface area contributed by atoms with Crippen LogP contribution in [0, 0.1) is 15.9 Å². The van der Waals surface area contributed by atoms with Crippen molar-refractivity contribution in [2.45, 2.75) is 17.1 Å². The Bertz CT molecular complexity index is 1160. The van der Waals surface area contributed by atoms with Crippen LogP contribution in [-0.2, 0) is 4.79 Å². The van der Waals surface area contributed by atoms with E-state index < -0.39 is 21.9 Å². The van der Waals surface area contributed by atoms with Gasteiger partial charge in [0, 0.05) is 32.8 Å². The SMILES string of the molecule is CC(Sc1ccc(NC(=O)c2ccc([N+](=O)[O-])cc2)cc1)C(=O)Nc1ccc(Br)cc1F. The molecule has 0 aliphatic carbocycles. The molecule has 0 aliphatic heterocycles. The Morgan fingerprint density at radius 3 is 2.28 bits per heavy atom. The minimum absolute atomic E-state index is 0.0936. The maximum absolute atomic E-state index is 13.9. The minimum atomic E-state index is -0.533. The average molecular weight is 518 g/mol. The van der Waals surface area contributed by atoms with Gasteiger partial charge in [0.1, 0.15) is 5.82 Å². The Hall–Kier alpha value is -3.24. The molecule has 0 radical (unpaired) electrons. The van der Waals surface area contributed by atoms with Crippen molar-refractivity contribution in [3.8, 4) is 0 Å². The fourth-order valence-electron chi connectivity index (χ4n) is 2.64. The van der Waals surface area contributed by atoms with E-state index in [0.29, 0.717) is 15.7 Å². The monoisotopic (exact) mass is 517 g/mol. The number of non-ortho nitro benzene ring substituents is 1. The first-order chi connectivity index (χ1) is 15.2. The summed E-state index contributed by atoms with van der Waals surface area (Å²) in [5.41, 5.74) is 0.838. The first kappa shape index (κ1) is 23.4. The zero-order valence-electron chi connectivity index (χ0n) is 16.7. The molecule has 0 saturated heterocycles. The zero-order valence-corrected chi connectivity index (χ0v) is 19.1. The van der Waals surface area contributed by atoms with Gasteiger partial charge < -0.3 is 10.6 Å². The topological polar surface area (TPSA) is 101 Å². The summed E-state index contributed by atoms with van der Waals surface area (Å²) < 4.78 is 14.5. The molecule has 1 atom stereocenters. The fourth-order valence-corrected chi connectivity index (χ4v) is 3.84. The number of anilines is 2. The van der Waals surface area contributed by atoms with Crippen LogP contribution in [0.15, 0.2) is 76.1 Å². The summed E-state index contributed by atoms with van der Waals surface area (Å²) in [4.78, 5) is 35.6. The van der Waals surface area contributed by atoms with Crippen LogP contribution in [0.5, 0.6) is 0 Å². The molecule has 2 N–H and O–H groups in total. The molecule has 10 heteroatoms. The molecule has 0 saturated carbocycles. The molecule has 0 fully saturated rings. The number of carbonyl (C=O) groups is 2. The second kappa shape index (κ2) is 10.4. The molecule has 3 aromatic carbocycles. The zero-order chi connectivity index (χ0) is 23.3. The molecule has 32 heavy (non-hydrogen) atoms. The van der Waals surface area contributed by atoms with Gasteiger partial charge in [0.25, 0.3) is 11.6 Å². The number of nitro groups is 1. The Morgan fingerprint density at radius 1 is 1.03 bits per heavy atom. The molecular weight excluding hydrogens is 501 g/mol. The van der Waals surface area contributed by atoms with Crippen LogP contribution in [0.1, 0.15) is 17.3 Å². The highest BCUT2D eigenvalue weighted by Crippen LogP contribution is 2.27. The van der Waals surface area contributed by atoms with Gasteiger partial charge in [-0.05, 0) is 61.5 Å². The number of amides is 2. The molecular formula is C22H17BrFN3O4S. The Kier molecular flexibility index (Phi) is 7.60. The van der Waals surface area contributed by atoms with E-state index in [4.69, 9.17) is 0 Å². The Labute approximate surface area is 195 Å². The molecule has 7 nitrogen and oxygen atoms in total. The van der Waals surface area contributed by atoms with Gasteiger partial charge in [0.2, 0.25) is 5.91 Å². The van der Waals surface area contributed by atoms with Crippen molar-refractivity contribution in [1.29, 1.82) is 0 Å². The number of nitrogens with zero attached hydrogens (tertiary/aromatic N) is 1. The predicted molar refractivity (Wildman–Crippen MR) is 126 cm³/mol. The second-order valence-electron chi connectivity index (χ2n) is 6.66. The van der Waals surface area contributed by atoms with Crippen molar-refractivity contribution in [2.24, 2.45) is 0 Å².